The molecule has 11 nitrogen and oxygen atoms in total. The number of thiazole rings is 1. The summed E-state index contributed by atoms with van der Waals surface area (Å²) in [6.45, 7) is 8.92. The summed E-state index contributed by atoms with van der Waals surface area (Å²) in [6, 6.07) is -1.34. The molecule has 13 heteroatoms. The van der Waals surface area contributed by atoms with Crippen molar-refractivity contribution >= 4 is 42.0 Å². The van der Waals surface area contributed by atoms with Crippen LogP contribution >= 0.6 is 24.0 Å². The molecule has 1 aromatic rings. The van der Waals surface area contributed by atoms with Crippen molar-refractivity contribution in [1.29, 1.82) is 0 Å². The summed E-state index contributed by atoms with van der Waals surface area (Å²) in [7, 11) is 5.53. The number of ether oxygens (including phenoxy) is 1. The van der Waals surface area contributed by atoms with Crippen molar-refractivity contribution in [3.8, 4) is 0 Å². The smallest absolute Gasteiger partial charge is 0.407 e. The lowest BCUT2D eigenvalue weighted by atomic mass is 10.1. The number of carbonyl (C=O) groups is 3. The van der Waals surface area contributed by atoms with Crippen molar-refractivity contribution in [3.05, 3.63) is 27.2 Å². The first-order valence-electron chi connectivity index (χ1n) is 12.8. The van der Waals surface area contributed by atoms with Gasteiger partial charge >= 0.3 is 12.1 Å². The van der Waals surface area contributed by atoms with Gasteiger partial charge in [0.2, 0.25) is 5.91 Å². The zero-order valence-electron chi connectivity index (χ0n) is 23.6. The molecule has 5 N–H and O–H groups in total. The van der Waals surface area contributed by atoms with E-state index in [4.69, 9.17) is 10.5 Å². The summed E-state index contributed by atoms with van der Waals surface area (Å²) in [5.74, 6) is 0.0911. The Hall–Kier alpha value is -2.51. The molecule has 0 radical (unpaired) electrons. The molecule has 0 saturated heterocycles. The number of urea groups is 1. The van der Waals surface area contributed by atoms with Gasteiger partial charge in [0, 0.05) is 41.5 Å². The van der Waals surface area contributed by atoms with E-state index in [1.165, 1.54) is 11.1 Å². The van der Waals surface area contributed by atoms with Gasteiger partial charge in [-0.15, -0.1) is 24.0 Å². The second kappa shape index (κ2) is 17.2. The number of hydrogen-bond donors (Lipinski definition) is 5. The van der Waals surface area contributed by atoms with Crippen LogP contribution in [0.3, 0.4) is 0 Å². The molecule has 0 saturated carbocycles. The van der Waals surface area contributed by atoms with E-state index >= 15 is 0 Å². The fourth-order valence-electron chi connectivity index (χ4n) is 3.31. The van der Waals surface area contributed by atoms with Crippen molar-refractivity contribution in [2.45, 2.75) is 77.5 Å². The van der Waals surface area contributed by atoms with Crippen molar-refractivity contribution in [2.24, 2.45) is 5.73 Å². The Bertz CT molecular complexity index is 923. The van der Waals surface area contributed by atoms with E-state index < -0.39 is 12.1 Å². The third-order valence-electron chi connectivity index (χ3n) is 5.62. The summed E-state index contributed by atoms with van der Waals surface area (Å²) >= 11 is 5.64. The Balaban J connectivity index is 2.61. The number of aromatic nitrogens is 1. The zero-order chi connectivity index (χ0) is 28.8. The van der Waals surface area contributed by atoms with Gasteiger partial charge in [-0.2, -0.15) is 0 Å². The SMILES string of the molecule is CC(CCC(C)NC(=O)C(CCN(C)C)NC(=O)N(C)Cc1csc(C(C)C)n1)NC(=O)OC/C(S)=C/N. The fourth-order valence-corrected chi connectivity index (χ4v) is 4.20. The largest absolute Gasteiger partial charge is 0.444 e. The maximum Gasteiger partial charge on any atom is 0.407 e. The molecule has 1 rings (SSSR count). The van der Waals surface area contributed by atoms with E-state index in [0.29, 0.717) is 43.2 Å². The lowest BCUT2D eigenvalue weighted by Crippen LogP contribution is -2.52. The maximum absolute atomic E-state index is 13.1. The van der Waals surface area contributed by atoms with Crippen LogP contribution in [0.25, 0.3) is 0 Å². The zero-order valence-corrected chi connectivity index (χ0v) is 25.3. The van der Waals surface area contributed by atoms with E-state index in [1.54, 1.807) is 18.4 Å². The molecule has 1 heterocycles. The highest BCUT2D eigenvalue weighted by Crippen LogP contribution is 2.19. The highest BCUT2D eigenvalue weighted by atomic mass is 32.1. The monoisotopic (exact) mass is 571 g/mol. The topological polar surface area (TPSA) is 142 Å². The molecule has 3 atom stereocenters. The molecule has 38 heavy (non-hydrogen) atoms. The van der Waals surface area contributed by atoms with Gasteiger partial charge in [-0.25, -0.2) is 14.6 Å². The van der Waals surface area contributed by atoms with Crippen LogP contribution in [0.1, 0.15) is 63.6 Å². The molecular formula is C25H45N7O4S2. The van der Waals surface area contributed by atoms with Gasteiger partial charge in [0.25, 0.3) is 0 Å². The number of carbonyl (C=O) groups excluding carboxylic acids is 3. The highest BCUT2D eigenvalue weighted by molar-refractivity contribution is 7.84. The fraction of sp³-hybridized carbons (Fsp3) is 0.680. The van der Waals surface area contributed by atoms with Crippen LogP contribution in [0, 0.1) is 0 Å². The standard InChI is InChI=1S/C25H45N7O4S2/c1-16(2)23-29-19(15-38-23)13-32(7)24(34)30-21(10-11-31(5)6)22(33)27-17(3)8-9-18(4)28-25(35)36-14-20(37)12-26/h12,15-18,21,37H,8-11,13-14,26H2,1-7H3,(H,27,33)(H,28,35)(H,30,34)/b20-12-. The molecule has 0 aliphatic heterocycles. The van der Waals surface area contributed by atoms with Crippen LogP contribution in [0.2, 0.25) is 0 Å². The number of alkyl carbamates (subject to hydrolysis) is 1. The minimum Gasteiger partial charge on any atom is -0.444 e. The summed E-state index contributed by atoms with van der Waals surface area (Å²) in [5, 5.41) is 11.6. The number of nitrogens with two attached hydrogens (primary N) is 1. The summed E-state index contributed by atoms with van der Waals surface area (Å²) < 4.78 is 5.02. The number of nitrogens with one attached hydrogen (secondary N) is 3. The first kappa shape index (κ1) is 33.5. The average Bonchev–Trinajstić information content (AvgIpc) is 3.32. The molecule has 216 valence electrons. The second-order valence-electron chi connectivity index (χ2n) is 10.0. The first-order chi connectivity index (χ1) is 17.8. The number of thiol groups is 1. The molecule has 3 unspecified atom stereocenters. The van der Waals surface area contributed by atoms with Crippen LogP contribution < -0.4 is 21.7 Å². The third kappa shape index (κ3) is 13.3. The van der Waals surface area contributed by atoms with Gasteiger partial charge in [-0.1, -0.05) is 13.8 Å². The number of hydrogen-bond acceptors (Lipinski definition) is 9. The molecule has 0 aliphatic carbocycles. The van der Waals surface area contributed by atoms with Crippen molar-refractivity contribution in [3.63, 3.8) is 0 Å². The van der Waals surface area contributed by atoms with E-state index in [0.717, 1.165) is 10.7 Å². The molecule has 4 amide bonds. The average molecular weight is 572 g/mol. The van der Waals surface area contributed by atoms with Crippen LogP contribution in [-0.2, 0) is 16.1 Å². The Kier molecular flexibility index (Phi) is 15.1. The van der Waals surface area contributed by atoms with E-state index in [-0.39, 0.29) is 30.6 Å². The van der Waals surface area contributed by atoms with E-state index in [1.807, 2.05) is 38.2 Å². The molecular weight excluding hydrogens is 526 g/mol. The minimum absolute atomic E-state index is 0.00261. The van der Waals surface area contributed by atoms with Gasteiger partial charge in [-0.05, 0) is 53.8 Å². The van der Waals surface area contributed by atoms with E-state index in [2.05, 4.69) is 47.4 Å². The molecule has 0 aliphatic rings. The molecule has 0 spiro atoms. The lowest BCUT2D eigenvalue weighted by molar-refractivity contribution is -0.123. The van der Waals surface area contributed by atoms with Gasteiger partial charge in [0.1, 0.15) is 12.6 Å². The molecule has 0 fully saturated rings. The Morgan fingerprint density at radius 1 is 1.08 bits per heavy atom. The van der Waals surface area contributed by atoms with Crippen LogP contribution in [0.5, 0.6) is 0 Å². The van der Waals surface area contributed by atoms with Gasteiger partial charge in [-0.3, -0.25) is 4.79 Å². The van der Waals surface area contributed by atoms with E-state index in [9.17, 15) is 14.4 Å². The van der Waals surface area contributed by atoms with Crippen LogP contribution in [0.4, 0.5) is 9.59 Å². The predicted molar refractivity (Wildman–Crippen MR) is 155 cm³/mol. The lowest BCUT2D eigenvalue weighted by Gasteiger charge is -2.25. The molecule has 0 bridgehead atoms. The molecule has 1 aromatic heterocycles. The molecule has 0 aromatic carbocycles. The van der Waals surface area contributed by atoms with Crippen molar-refractivity contribution in [1.82, 2.24) is 30.7 Å². The Morgan fingerprint density at radius 2 is 1.71 bits per heavy atom. The second-order valence-corrected chi connectivity index (χ2v) is 11.5. The normalized spacial score (nSPS) is 14.1. The van der Waals surface area contributed by atoms with Gasteiger partial charge < -0.3 is 36.2 Å². The van der Waals surface area contributed by atoms with Crippen molar-refractivity contribution in [2.75, 3.05) is 34.3 Å². The van der Waals surface area contributed by atoms with Crippen LogP contribution in [0.15, 0.2) is 16.5 Å². The first-order valence-corrected chi connectivity index (χ1v) is 14.1. The van der Waals surface area contributed by atoms with Crippen molar-refractivity contribution < 1.29 is 19.1 Å². The minimum atomic E-state index is -0.687. The predicted octanol–water partition coefficient (Wildman–Crippen LogP) is 2.86. The summed E-state index contributed by atoms with van der Waals surface area (Å²) in [4.78, 5) is 46.4. The summed E-state index contributed by atoms with van der Waals surface area (Å²) in [6.07, 6.45) is 2.42. The third-order valence-corrected chi connectivity index (χ3v) is 7.09. The van der Waals surface area contributed by atoms with Crippen LogP contribution in [-0.4, -0.2) is 85.2 Å². The highest BCUT2D eigenvalue weighted by Gasteiger charge is 2.24. The number of nitrogens with zero attached hydrogens (tertiary/aromatic N) is 3. The number of amides is 4. The Morgan fingerprint density at radius 3 is 2.26 bits per heavy atom. The number of rotatable bonds is 15. The van der Waals surface area contributed by atoms with Gasteiger partial charge in [0.15, 0.2) is 0 Å². The van der Waals surface area contributed by atoms with Gasteiger partial charge in [0.05, 0.1) is 17.2 Å². The maximum atomic E-state index is 13.1. The summed E-state index contributed by atoms with van der Waals surface area (Å²) in [5.41, 5.74) is 6.13. The quantitative estimate of drug-likeness (QED) is 0.204. The Labute approximate surface area is 236 Å².